The van der Waals surface area contributed by atoms with Crippen molar-refractivity contribution in [2.24, 2.45) is 0 Å². The van der Waals surface area contributed by atoms with Crippen molar-refractivity contribution in [2.75, 3.05) is 26.7 Å². The first kappa shape index (κ1) is 14.0. The summed E-state index contributed by atoms with van der Waals surface area (Å²) in [6, 6.07) is 0.777. The number of hydrogen-bond donors (Lipinski definition) is 1. The molecule has 0 aromatic carbocycles. The Morgan fingerprint density at radius 1 is 1.45 bits per heavy atom. The first-order valence-electron chi connectivity index (χ1n) is 3.75. The van der Waals surface area contributed by atoms with Crippen molar-refractivity contribution in [3.05, 3.63) is 0 Å². The van der Waals surface area contributed by atoms with E-state index in [4.69, 9.17) is 0 Å². The van der Waals surface area contributed by atoms with Crippen LogP contribution in [0.2, 0.25) is 0 Å². The lowest BCUT2D eigenvalue weighted by Gasteiger charge is -2.32. The van der Waals surface area contributed by atoms with E-state index < -0.39 is 0 Å². The molecule has 2 nitrogen and oxygen atoms in total. The Morgan fingerprint density at radius 3 is 2.45 bits per heavy atom. The second-order valence-corrected chi connectivity index (χ2v) is 2.75. The van der Waals surface area contributed by atoms with Gasteiger partial charge in [-0.25, -0.2) is 0 Å². The number of halogens is 2. The van der Waals surface area contributed by atoms with E-state index in [1.165, 1.54) is 19.5 Å². The van der Waals surface area contributed by atoms with Gasteiger partial charge in [0, 0.05) is 25.7 Å². The fraction of sp³-hybridized carbons (Fsp3) is 1.00. The second-order valence-electron chi connectivity index (χ2n) is 2.75. The number of nitrogens with one attached hydrogen (secondary N) is 1. The van der Waals surface area contributed by atoms with Gasteiger partial charge in [0.1, 0.15) is 0 Å². The van der Waals surface area contributed by atoms with Crippen LogP contribution in [0.1, 0.15) is 13.3 Å². The number of rotatable bonds is 1. The van der Waals surface area contributed by atoms with E-state index in [9.17, 15) is 0 Å². The molecule has 0 aromatic heterocycles. The molecule has 0 spiro atoms. The maximum atomic E-state index is 3.37. The predicted octanol–water partition coefficient (Wildman–Crippen LogP) is 1.14. The largest absolute Gasteiger partial charge is 0.314 e. The molecule has 1 aliphatic heterocycles. The van der Waals surface area contributed by atoms with Crippen molar-refractivity contribution in [2.45, 2.75) is 19.4 Å². The summed E-state index contributed by atoms with van der Waals surface area (Å²) in [6.07, 6.45) is 1.27. The van der Waals surface area contributed by atoms with Crippen LogP contribution in [-0.2, 0) is 0 Å². The van der Waals surface area contributed by atoms with Crippen molar-refractivity contribution in [1.82, 2.24) is 10.2 Å². The lowest BCUT2D eigenvalue weighted by Crippen LogP contribution is -2.48. The van der Waals surface area contributed by atoms with Crippen molar-refractivity contribution in [3.63, 3.8) is 0 Å². The van der Waals surface area contributed by atoms with Gasteiger partial charge in [-0.2, -0.15) is 0 Å². The first-order valence-corrected chi connectivity index (χ1v) is 3.75. The summed E-state index contributed by atoms with van der Waals surface area (Å²) < 4.78 is 0. The monoisotopic (exact) mass is 200 g/mol. The molecule has 0 aromatic rings. The molecule has 4 heteroatoms. The quantitative estimate of drug-likeness (QED) is 0.684. The predicted molar refractivity (Wildman–Crippen MR) is 54.1 cm³/mol. The molecule has 1 fully saturated rings. The second kappa shape index (κ2) is 7.17. The minimum Gasteiger partial charge on any atom is -0.314 e. The topological polar surface area (TPSA) is 15.3 Å². The molecule has 0 radical (unpaired) electrons. The summed E-state index contributed by atoms with van der Waals surface area (Å²) >= 11 is 0. The van der Waals surface area contributed by atoms with Crippen LogP contribution in [0.15, 0.2) is 0 Å². The molecular weight excluding hydrogens is 183 g/mol. The van der Waals surface area contributed by atoms with Gasteiger partial charge in [-0.05, 0) is 13.5 Å². The third kappa shape index (κ3) is 4.16. The summed E-state index contributed by atoms with van der Waals surface area (Å²) in [6.45, 7) is 5.78. The zero-order valence-corrected chi connectivity index (χ0v) is 8.80. The molecule has 1 saturated heterocycles. The third-order valence-corrected chi connectivity index (χ3v) is 2.12. The van der Waals surface area contributed by atoms with Gasteiger partial charge in [-0.15, -0.1) is 24.8 Å². The molecule has 0 aliphatic carbocycles. The molecule has 0 unspecified atom stereocenters. The van der Waals surface area contributed by atoms with Crippen LogP contribution in [0.4, 0.5) is 0 Å². The average Bonchev–Trinajstić information content (AvgIpc) is 1.89. The van der Waals surface area contributed by atoms with Crippen molar-refractivity contribution >= 4 is 24.8 Å². The Kier molecular flexibility index (Phi) is 9.15. The molecular formula is C7H18Cl2N2. The Morgan fingerprint density at radius 2 is 2.09 bits per heavy atom. The van der Waals surface area contributed by atoms with Crippen LogP contribution in [0.3, 0.4) is 0 Å². The van der Waals surface area contributed by atoms with Gasteiger partial charge in [-0.3, -0.25) is 0 Å². The third-order valence-electron chi connectivity index (χ3n) is 2.12. The highest BCUT2D eigenvalue weighted by atomic mass is 35.5. The van der Waals surface area contributed by atoms with E-state index in [1.807, 2.05) is 0 Å². The number of nitrogens with zero attached hydrogens (tertiary/aromatic N) is 1. The van der Waals surface area contributed by atoms with E-state index in [2.05, 4.69) is 24.2 Å². The highest BCUT2D eigenvalue weighted by Crippen LogP contribution is 2.02. The number of piperazine rings is 1. The van der Waals surface area contributed by atoms with Gasteiger partial charge in [-0.1, -0.05) is 6.92 Å². The van der Waals surface area contributed by atoms with Gasteiger partial charge in [0.05, 0.1) is 0 Å². The highest BCUT2D eigenvalue weighted by Gasteiger charge is 2.15. The van der Waals surface area contributed by atoms with Crippen LogP contribution in [-0.4, -0.2) is 37.6 Å². The summed E-state index contributed by atoms with van der Waals surface area (Å²) in [4.78, 5) is 2.43. The lowest BCUT2D eigenvalue weighted by molar-refractivity contribution is 0.195. The Labute approximate surface area is 81.5 Å². The molecule has 1 rings (SSSR count). The van der Waals surface area contributed by atoms with Gasteiger partial charge >= 0.3 is 0 Å². The average molecular weight is 201 g/mol. The van der Waals surface area contributed by atoms with Crippen molar-refractivity contribution < 1.29 is 0 Å². The zero-order valence-electron chi connectivity index (χ0n) is 7.17. The maximum absolute atomic E-state index is 3.37. The zero-order chi connectivity index (χ0) is 6.69. The molecule has 0 bridgehead atoms. The minimum atomic E-state index is 0. The molecule has 0 saturated carbocycles. The molecule has 1 N–H and O–H groups in total. The smallest absolute Gasteiger partial charge is 0.0215 e. The van der Waals surface area contributed by atoms with E-state index in [0.717, 1.165) is 12.6 Å². The molecule has 1 aliphatic rings. The van der Waals surface area contributed by atoms with E-state index in [0.29, 0.717) is 0 Å². The highest BCUT2D eigenvalue weighted by molar-refractivity contribution is 5.85. The summed E-state index contributed by atoms with van der Waals surface area (Å²) in [7, 11) is 2.20. The van der Waals surface area contributed by atoms with Crippen LogP contribution in [0, 0.1) is 0 Å². The summed E-state index contributed by atoms with van der Waals surface area (Å²) in [5.41, 5.74) is 0. The van der Waals surface area contributed by atoms with Gasteiger partial charge in [0.2, 0.25) is 0 Å². The van der Waals surface area contributed by atoms with Gasteiger partial charge in [0.25, 0.3) is 0 Å². The fourth-order valence-electron chi connectivity index (χ4n) is 1.32. The van der Waals surface area contributed by atoms with Gasteiger partial charge in [0.15, 0.2) is 0 Å². The number of likely N-dealkylation sites (N-methyl/N-ethyl adjacent to an activating group) is 1. The molecule has 1 heterocycles. The Hall–Kier alpha value is 0.500. The van der Waals surface area contributed by atoms with Crippen LogP contribution >= 0.6 is 24.8 Å². The fourth-order valence-corrected chi connectivity index (χ4v) is 1.32. The normalized spacial score (nSPS) is 25.1. The van der Waals surface area contributed by atoms with Crippen LogP contribution in [0.5, 0.6) is 0 Å². The summed E-state index contributed by atoms with van der Waals surface area (Å²) in [5.74, 6) is 0. The van der Waals surface area contributed by atoms with Gasteiger partial charge < -0.3 is 10.2 Å². The molecule has 0 amide bonds. The van der Waals surface area contributed by atoms with Crippen LogP contribution < -0.4 is 5.32 Å². The van der Waals surface area contributed by atoms with Crippen LogP contribution in [0.25, 0.3) is 0 Å². The standard InChI is InChI=1S/C7H16N2.2ClH/c1-3-7-6-8-4-5-9(7)2;;/h7-8H,3-6H2,1-2H3;2*1H/t7-;;/m0../s1. The first-order chi connectivity index (χ1) is 4.34. The molecule has 1 atom stereocenters. The SMILES string of the molecule is CC[C@H]1CNCCN1C.Cl.Cl. The van der Waals surface area contributed by atoms with Crippen molar-refractivity contribution in [1.29, 1.82) is 0 Å². The number of hydrogen-bond acceptors (Lipinski definition) is 2. The molecule has 11 heavy (non-hydrogen) atoms. The van der Waals surface area contributed by atoms with E-state index >= 15 is 0 Å². The Balaban J connectivity index is 0. The lowest BCUT2D eigenvalue weighted by atomic mass is 10.1. The van der Waals surface area contributed by atoms with Crippen molar-refractivity contribution in [3.8, 4) is 0 Å². The maximum Gasteiger partial charge on any atom is 0.0215 e. The minimum absolute atomic E-state index is 0. The van der Waals surface area contributed by atoms with E-state index in [1.54, 1.807) is 0 Å². The Bertz CT molecular complexity index is 90.5. The summed E-state index contributed by atoms with van der Waals surface area (Å²) in [5, 5.41) is 3.37. The molecule has 70 valence electrons. The van der Waals surface area contributed by atoms with E-state index in [-0.39, 0.29) is 24.8 Å².